The molecule has 1 atom stereocenters. The lowest BCUT2D eigenvalue weighted by atomic mass is 10.1. The molecule has 2 heterocycles. The van der Waals surface area contributed by atoms with Crippen molar-refractivity contribution in [2.24, 2.45) is 0 Å². The molecule has 3 aromatic rings. The molecule has 0 unspecified atom stereocenters. The number of anilines is 2. The maximum absolute atomic E-state index is 13.6. The molecule has 0 bridgehead atoms. The molecule has 0 saturated heterocycles. The molecule has 0 aliphatic heterocycles. The van der Waals surface area contributed by atoms with Crippen molar-refractivity contribution in [3.05, 3.63) is 47.2 Å². The van der Waals surface area contributed by atoms with Gasteiger partial charge in [-0.15, -0.1) is 0 Å². The number of hydrogen-bond acceptors (Lipinski definition) is 5. The zero-order valence-corrected chi connectivity index (χ0v) is 14.7. The van der Waals surface area contributed by atoms with Gasteiger partial charge in [0.25, 0.3) is 0 Å². The highest BCUT2D eigenvalue weighted by Gasteiger charge is 2.45. The third-order valence-electron chi connectivity index (χ3n) is 4.02. The van der Waals surface area contributed by atoms with E-state index < -0.39 is 29.8 Å². The van der Waals surface area contributed by atoms with E-state index in [4.69, 9.17) is 10.2 Å². The molecule has 4 N–H and O–H groups in total. The minimum atomic E-state index is -4.86. The van der Waals surface area contributed by atoms with Crippen LogP contribution in [0.3, 0.4) is 0 Å². The van der Waals surface area contributed by atoms with E-state index in [9.17, 15) is 22.4 Å². The molecule has 0 saturated carbocycles. The lowest BCUT2D eigenvalue weighted by molar-refractivity contribution is -0.158. The van der Waals surface area contributed by atoms with E-state index in [1.54, 1.807) is 0 Å². The average Bonchev–Trinajstić information content (AvgIpc) is 2.91. The summed E-state index contributed by atoms with van der Waals surface area (Å²) in [5.41, 5.74) is 5.90. The SMILES string of the molecule is Cc1c([C@@H](NC(=O)Nc2cnc(N)nc2)C(F)(F)F)oc2c(C)cc(F)cc12. The Morgan fingerprint density at radius 1 is 1.21 bits per heavy atom. The van der Waals surface area contributed by atoms with Gasteiger partial charge in [-0.1, -0.05) is 0 Å². The summed E-state index contributed by atoms with van der Waals surface area (Å²) in [7, 11) is 0. The summed E-state index contributed by atoms with van der Waals surface area (Å²) in [6.45, 7) is 2.88. The van der Waals surface area contributed by atoms with Crippen LogP contribution in [-0.4, -0.2) is 22.2 Å². The van der Waals surface area contributed by atoms with Crippen LogP contribution in [0, 0.1) is 19.7 Å². The van der Waals surface area contributed by atoms with Crippen LogP contribution in [0.4, 0.5) is 34.0 Å². The van der Waals surface area contributed by atoms with E-state index in [0.717, 1.165) is 24.5 Å². The third kappa shape index (κ3) is 3.82. The summed E-state index contributed by atoms with van der Waals surface area (Å²) in [6.07, 6.45) is -2.58. The van der Waals surface area contributed by atoms with Gasteiger partial charge in [0.05, 0.1) is 18.1 Å². The van der Waals surface area contributed by atoms with Crippen molar-refractivity contribution in [2.75, 3.05) is 11.1 Å². The first-order valence-corrected chi connectivity index (χ1v) is 7.97. The van der Waals surface area contributed by atoms with Gasteiger partial charge < -0.3 is 20.8 Å². The van der Waals surface area contributed by atoms with E-state index in [-0.39, 0.29) is 28.2 Å². The van der Waals surface area contributed by atoms with Crippen LogP contribution in [0.2, 0.25) is 0 Å². The molecule has 0 aliphatic carbocycles. The molecule has 0 aliphatic rings. The quantitative estimate of drug-likeness (QED) is 0.580. The van der Waals surface area contributed by atoms with E-state index in [0.29, 0.717) is 5.56 Å². The second kappa shape index (κ2) is 6.98. The van der Waals surface area contributed by atoms with Crippen molar-refractivity contribution >= 4 is 28.6 Å². The first-order chi connectivity index (χ1) is 13.1. The summed E-state index contributed by atoms with van der Waals surface area (Å²) in [4.78, 5) is 19.3. The average molecular weight is 397 g/mol. The molecule has 28 heavy (non-hydrogen) atoms. The number of nitrogen functional groups attached to an aromatic ring is 1. The Labute approximate surface area is 155 Å². The zero-order chi connectivity index (χ0) is 20.6. The Balaban J connectivity index is 1.94. The van der Waals surface area contributed by atoms with Crippen LogP contribution >= 0.6 is 0 Å². The summed E-state index contributed by atoms with van der Waals surface area (Å²) in [5.74, 6) is -1.18. The molecular weight excluding hydrogens is 382 g/mol. The minimum absolute atomic E-state index is 0.0480. The molecule has 0 spiro atoms. The van der Waals surface area contributed by atoms with Gasteiger partial charge in [-0.3, -0.25) is 0 Å². The Hall–Kier alpha value is -3.37. The molecule has 3 rings (SSSR count). The lowest BCUT2D eigenvalue weighted by Crippen LogP contribution is -2.40. The van der Waals surface area contributed by atoms with Gasteiger partial charge in [0, 0.05) is 10.9 Å². The number of aryl methyl sites for hydroxylation is 2. The number of alkyl halides is 3. The summed E-state index contributed by atoms with van der Waals surface area (Å²) in [5, 5.41) is 4.21. The van der Waals surface area contributed by atoms with Gasteiger partial charge in [-0.05, 0) is 31.5 Å². The lowest BCUT2D eigenvalue weighted by Gasteiger charge is -2.20. The van der Waals surface area contributed by atoms with Gasteiger partial charge in [0.1, 0.15) is 17.2 Å². The summed E-state index contributed by atoms with van der Waals surface area (Å²) < 4.78 is 59.9. The fraction of sp³-hybridized carbons (Fsp3) is 0.235. The Kier molecular flexibility index (Phi) is 4.84. The van der Waals surface area contributed by atoms with Crippen molar-refractivity contribution in [2.45, 2.75) is 26.1 Å². The highest BCUT2D eigenvalue weighted by molar-refractivity contribution is 5.90. The number of rotatable bonds is 3. The molecule has 2 aromatic heterocycles. The number of hydrogen-bond donors (Lipinski definition) is 3. The number of carbonyl (C=O) groups is 1. The van der Waals surface area contributed by atoms with Gasteiger partial charge in [0.2, 0.25) is 5.95 Å². The number of nitrogens with two attached hydrogens (primary N) is 1. The van der Waals surface area contributed by atoms with Crippen LogP contribution in [-0.2, 0) is 0 Å². The van der Waals surface area contributed by atoms with Crippen LogP contribution < -0.4 is 16.4 Å². The number of furan rings is 1. The second-order valence-electron chi connectivity index (χ2n) is 6.09. The number of fused-ring (bicyclic) bond motifs is 1. The Morgan fingerprint density at radius 2 is 1.86 bits per heavy atom. The number of carbonyl (C=O) groups excluding carboxylic acids is 1. The number of benzene rings is 1. The molecule has 0 radical (unpaired) electrons. The van der Waals surface area contributed by atoms with Crippen LogP contribution in [0.15, 0.2) is 28.9 Å². The third-order valence-corrected chi connectivity index (χ3v) is 4.02. The minimum Gasteiger partial charge on any atom is -0.458 e. The normalized spacial score (nSPS) is 12.8. The van der Waals surface area contributed by atoms with E-state index in [1.165, 1.54) is 13.8 Å². The monoisotopic (exact) mass is 397 g/mol. The van der Waals surface area contributed by atoms with Crippen molar-refractivity contribution in [1.29, 1.82) is 0 Å². The topological polar surface area (TPSA) is 106 Å². The van der Waals surface area contributed by atoms with Gasteiger partial charge in [-0.2, -0.15) is 13.2 Å². The van der Waals surface area contributed by atoms with Crippen molar-refractivity contribution < 1.29 is 26.8 Å². The fourth-order valence-corrected chi connectivity index (χ4v) is 2.74. The number of aromatic nitrogens is 2. The highest BCUT2D eigenvalue weighted by Crippen LogP contribution is 2.39. The molecule has 0 fully saturated rings. The maximum atomic E-state index is 13.6. The second-order valence-corrected chi connectivity index (χ2v) is 6.09. The molecule has 7 nitrogen and oxygen atoms in total. The predicted molar refractivity (Wildman–Crippen MR) is 93.0 cm³/mol. The molecule has 1 aromatic carbocycles. The van der Waals surface area contributed by atoms with Crippen molar-refractivity contribution in [1.82, 2.24) is 15.3 Å². The predicted octanol–water partition coefficient (Wildman–Crippen LogP) is 3.99. The van der Waals surface area contributed by atoms with Crippen molar-refractivity contribution in [3.63, 3.8) is 0 Å². The van der Waals surface area contributed by atoms with E-state index in [1.807, 2.05) is 5.32 Å². The maximum Gasteiger partial charge on any atom is 0.416 e. The molecule has 11 heteroatoms. The fourth-order valence-electron chi connectivity index (χ4n) is 2.74. The Bertz CT molecular complexity index is 1030. The van der Waals surface area contributed by atoms with Gasteiger partial charge >= 0.3 is 12.2 Å². The first-order valence-electron chi connectivity index (χ1n) is 7.97. The van der Waals surface area contributed by atoms with E-state index in [2.05, 4.69) is 15.3 Å². The zero-order valence-electron chi connectivity index (χ0n) is 14.7. The van der Waals surface area contributed by atoms with Crippen LogP contribution in [0.1, 0.15) is 22.9 Å². The first kappa shape index (κ1) is 19.4. The molecule has 2 amide bonds. The van der Waals surface area contributed by atoms with E-state index >= 15 is 0 Å². The van der Waals surface area contributed by atoms with Crippen LogP contribution in [0.25, 0.3) is 11.0 Å². The van der Waals surface area contributed by atoms with Crippen molar-refractivity contribution in [3.8, 4) is 0 Å². The standard InChI is InChI=1S/C17H15F4N5O2/c1-7-3-9(18)4-11-8(2)13(28-12(7)11)14(17(19,20)21)26-16(27)25-10-5-23-15(22)24-6-10/h3-6,14H,1-2H3,(H2,22,23,24)(H2,25,26,27)/t14-/m1/s1. The summed E-state index contributed by atoms with van der Waals surface area (Å²) >= 11 is 0. The van der Waals surface area contributed by atoms with Gasteiger partial charge in [-0.25, -0.2) is 19.2 Å². The molecular formula is C17H15F4N5O2. The smallest absolute Gasteiger partial charge is 0.416 e. The number of halogens is 4. The highest BCUT2D eigenvalue weighted by atomic mass is 19.4. The summed E-state index contributed by atoms with van der Waals surface area (Å²) in [6, 6.07) is -1.36. The van der Waals surface area contributed by atoms with Gasteiger partial charge in [0.15, 0.2) is 6.04 Å². The largest absolute Gasteiger partial charge is 0.458 e. The number of amides is 2. The number of urea groups is 1. The Morgan fingerprint density at radius 3 is 2.46 bits per heavy atom. The van der Waals surface area contributed by atoms with Crippen LogP contribution in [0.5, 0.6) is 0 Å². The number of nitrogens with one attached hydrogen (secondary N) is 2. The molecule has 148 valence electrons. The number of nitrogens with zero attached hydrogens (tertiary/aromatic N) is 2.